The van der Waals surface area contributed by atoms with E-state index in [9.17, 15) is 0 Å². The monoisotopic (exact) mass is 379 g/mol. The largest absolute Gasteiger partial charge is 0.359 e. The Morgan fingerprint density at radius 1 is 1.04 bits per heavy atom. The van der Waals surface area contributed by atoms with E-state index < -0.39 is 0 Å². The molecule has 0 fully saturated rings. The van der Waals surface area contributed by atoms with E-state index in [1.165, 1.54) is 5.56 Å². The molecule has 4 rings (SSSR count). The summed E-state index contributed by atoms with van der Waals surface area (Å²) in [4.78, 5) is 11.8. The van der Waals surface area contributed by atoms with E-state index in [-0.39, 0.29) is 0 Å². The number of benzene rings is 1. The molecule has 0 bridgehead atoms. The molecule has 4 aromatic rings. The van der Waals surface area contributed by atoms with Gasteiger partial charge < -0.3 is 15.6 Å². The zero-order valence-corrected chi connectivity index (χ0v) is 15.5. The van der Waals surface area contributed by atoms with Crippen molar-refractivity contribution in [1.29, 1.82) is 0 Å². The van der Waals surface area contributed by atoms with Gasteiger partial charge in [-0.2, -0.15) is 0 Å². The SMILES string of the molecule is S=C(NCc1ccccc1-c1cscn1)NCc1ccnc2[nH]ccc12. The van der Waals surface area contributed by atoms with E-state index in [0.29, 0.717) is 18.2 Å². The van der Waals surface area contributed by atoms with Gasteiger partial charge in [-0.25, -0.2) is 9.97 Å². The first-order valence-corrected chi connectivity index (χ1v) is 9.55. The molecule has 3 aromatic heterocycles. The summed E-state index contributed by atoms with van der Waals surface area (Å²) in [5.74, 6) is 0. The fourth-order valence-electron chi connectivity index (χ4n) is 2.86. The number of hydrogen-bond acceptors (Lipinski definition) is 4. The summed E-state index contributed by atoms with van der Waals surface area (Å²) in [6, 6.07) is 12.3. The molecule has 0 saturated carbocycles. The summed E-state index contributed by atoms with van der Waals surface area (Å²) in [5.41, 5.74) is 7.19. The molecule has 3 N–H and O–H groups in total. The number of fused-ring (bicyclic) bond motifs is 1. The highest BCUT2D eigenvalue weighted by Gasteiger charge is 2.07. The minimum Gasteiger partial charge on any atom is -0.359 e. The first-order chi connectivity index (χ1) is 12.8. The lowest BCUT2D eigenvalue weighted by Crippen LogP contribution is -2.34. The van der Waals surface area contributed by atoms with E-state index in [2.05, 4.69) is 43.1 Å². The minimum absolute atomic E-state index is 0.624. The predicted octanol–water partition coefficient (Wildman–Crippen LogP) is 3.85. The van der Waals surface area contributed by atoms with Crippen LogP contribution in [0.3, 0.4) is 0 Å². The minimum atomic E-state index is 0.624. The molecular weight excluding hydrogens is 362 g/mol. The van der Waals surface area contributed by atoms with Crippen LogP contribution in [0.1, 0.15) is 11.1 Å². The molecule has 0 atom stereocenters. The number of H-pyrrole nitrogens is 1. The molecule has 0 spiro atoms. The smallest absolute Gasteiger partial charge is 0.166 e. The van der Waals surface area contributed by atoms with Crippen LogP contribution >= 0.6 is 23.6 Å². The van der Waals surface area contributed by atoms with Gasteiger partial charge in [0.25, 0.3) is 0 Å². The van der Waals surface area contributed by atoms with Crippen LogP contribution in [0.2, 0.25) is 0 Å². The molecular formula is C19H17N5S2. The van der Waals surface area contributed by atoms with Crippen molar-refractivity contribution in [3.8, 4) is 11.3 Å². The Kier molecular flexibility index (Phi) is 4.90. The second kappa shape index (κ2) is 7.63. The Morgan fingerprint density at radius 3 is 2.73 bits per heavy atom. The highest BCUT2D eigenvalue weighted by Crippen LogP contribution is 2.23. The van der Waals surface area contributed by atoms with Gasteiger partial charge in [-0.15, -0.1) is 11.3 Å². The van der Waals surface area contributed by atoms with Gasteiger partial charge in [-0.1, -0.05) is 24.3 Å². The van der Waals surface area contributed by atoms with Crippen molar-refractivity contribution in [2.24, 2.45) is 0 Å². The summed E-state index contributed by atoms with van der Waals surface area (Å²) in [6.45, 7) is 1.30. The Morgan fingerprint density at radius 2 is 1.88 bits per heavy atom. The van der Waals surface area contributed by atoms with Crippen LogP contribution < -0.4 is 10.6 Å². The third-order valence-corrected chi connectivity index (χ3v) is 5.03. The molecule has 26 heavy (non-hydrogen) atoms. The molecule has 3 heterocycles. The maximum atomic E-state index is 5.44. The number of nitrogens with zero attached hydrogens (tertiary/aromatic N) is 2. The van der Waals surface area contributed by atoms with Crippen molar-refractivity contribution in [2.45, 2.75) is 13.1 Å². The van der Waals surface area contributed by atoms with Crippen LogP contribution in [0.25, 0.3) is 22.3 Å². The quantitative estimate of drug-likeness (QED) is 0.460. The molecule has 0 aliphatic rings. The van der Waals surface area contributed by atoms with Crippen molar-refractivity contribution in [2.75, 3.05) is 0 Å². The zero-order valence-electron chi connectivity index (χ0n) is 13.9. The molecule has 1 aromatic carbocycles. The number of thiazole rings is 1. The van der Waals surface area contributed by atoms with Crippen molar-refractivity contribution in [1.82, 2.24) is 25.6 Å². The normalized spacial score (nSPS) is 10.8. The number of aromatic nitrogens is 3. The van der Waals surface area contributed by atoms with Crippen molar-refractivity contribution >= 4 is 39.7 Å². The fraction of sp³-hybridized carbons (Fsp3) is 0.105. The average molecular weight is 380 g/mol. The van der Waals surface area contributed by atoms with Crippen LogP contribution in [0.5, 0.6) is 0 Å². The van der Waals surface area contributed by atoms with Gasteiger partial charge in [0.1, 0.15) is 5.65 Å². The molecule has 7 heteroatoms. The van der Waals surface area contributed by atoms with Crippen molar-refractivity contribution in [3.05, 3.63) is 70.8 Å². The second-order valence-corrected chi connectivity index (χ2v) is 6.90. The van der Waals surface area contributed by atoms with Gasteiger partial charge in [-0.05, 0) is 35.5 Å². The summed E-state index contributed by atoms with van der Waals surface area (Å²) < 4.78 is 0. The average Bonchev–Trinajstić information content (AvgIpc) is 3.36. The first-order valence-electron chi connectivity index (χ1n) is 8.20. The molecule has 130 valence electrons. The summed E-state index contributed by atoms with van der Waals surface area (Å²) in [7, 11) is 0. The van der Waals surface area contributed by atoms with Crippen LogP contribution in [0.4, 0.5) is 0 Å². The third kappa shape index (κ3) is 3.58. The molecule has 0 amide bonds. The highest BCUT2D eigenvalue weighted by atomic mass is 32.1. The number of thiocarbonyl (C=S) groups is 1. The molecule has 0 aliphatic carbocycles. The predicted molar refractivity (Wildman–Crippen MR) is 110 cm³/mol. The van der Waals surface area contributed by atoms with E-state index >= 15 is 0 Å². The lowest BCUT2D eigenvalue weighted by atomic mass is 10.1. The second-order valence-electron chi connectivity index (χ2n) is 5.78. The van der Waals surface area contributed by atoms with Gasteiger partial charge >= 0.3 is 0 Å². The van der Waals surface area contributed by atoms with Crippen molar-refractivity contribution in [3.63, 3.8) is 0 Å². The zero-order chi connectivity index (χ0) is 17.8. The number of nitrogens with one attached hydrogen (secondary N) is 3. The van der Waals surface area contributed by atoms with E-state index in [1.807, 2.05) is 36.0 Å². The fourth-order valence-corrected chi connectivity index (χ4v) is 3.55. The molecule has 0 radical (unpaired) electrons. The van der Waals surface area contributed by atoms with Gasteiger partial charge in [0.05, 0.1) is 11.2 Å². The maximum absolute atomic E-state index is 5.44. The summed E-state index contributed by atoms with van der Waals surface area (Å²) in [5, 5.41) is 10.3. The summed E-state index contributed by atoms with van der Waals surface area (Å²) >= 11 is 7.04. The van der Waals surface area contributed by atoms with Crippen LogP contribution in [-0.2, 0) is 13.1 Å². The number of pyridine rings is 1. The lowest BCUT2D eigenvalue weighted by Gasteiger charge is -2.13. The summed E-state index contributed by atoms with van der Waals surface area (Å²) in [6.07, 6.45) is 3.70. The van der Waals surface area contributed by atoms with Gasteiger partial charge in [0, 0.05) is 41.8 Å². The number of rotatable bonds is 5. The van der Waals surface area contributed by atoms with E-state index in [4.69, 9.17) is 12.2 Å². The topological polar surface area (TPSA) is 65.6 Å². The van der Waals surface area contributed by atoms with Gasteiger partial charge in [0.2, 0.25) is 0 Å². The Bertz CT molecular complexity index is 1020. The third-order valence-electron chi connectivity index (χ3n) is 4.15. The van der Waals surface area contributed by atoms with Crippen molar-refractivity contribution < 1.29 is 0 Å². The first kappa shape index (κ1) is 16.7. The highest BCUT2D eigenvalue weighted by molar-refractivity contribution is 7.80. The van der Waals surface area contributed by atoms with E-state index in [1.54, 1.807) is 17.5 Å². The Balaban J connectivity index is 1.39. The standard InChI is InChI=1S/C19H17N5S2/c25-19(23-10-14-5-7-20-18-16(14)6-8-21-18)22-9-13-3-1-2-4-15(13)17-11-26-12-24-17/h1-8,11-12H,9-10H2,(H,20,21)(H2,22,23,25). The Hall–Kier alpha value is -2.77. The van der Waals surface area contributed by atoms with Crippen LogP contribution in [-0.4, -0.2) is 20.1 Å². The van der Waals surface area contributed by atoms with Crippen LogP contribution in [0.15, 0.2) is 59.7 Å². The molecule has 0 aliphatic heterocycles. The Labute approximate surface area is 160 Å². The maximum Gasteiger partial charge on any atom is 0.166 e. The van der Waals surface area contributed by atoms with Gasteiger partial charge in [-0.3, -0.25) is 0 Å². The molecule has 5 nitrogen and oxygen atoms in total. The van der Waals surface area contributed by atoms with Gasteiger partial charge in [0.15, 0.2) is 5.11 Å². The van der Waals surface area contributed by atoms with Crippen LogP contribution in [0, 0.1) is 0 Å². The molecule has 0 saturated heterocycles. The number of aromatic amines is 1. The molecule has 0 unspecified atom stereocenters. The number of hydrogen-bond donors (Lipinski definition) is 3. The van der Waals surface area contributed by atoms with E-state index in [0.717, 1.165) is 27.9 Å². The lowest BCUT2D eigenvalue weighted by molar-refractivity contribution is 0.836.